The summed E-state index contributed by atoms with van der Waals surface area (Å²) >= 11 is 6.35. The van der Waals surface area contributed by atoms with Gasteiger partial charge in [0.25, 0.3) is 0 Å². The number of likely N-dealkylation sites (N-methyl/N-ethyl adjacent to an activating group) is 1. The quantitative estimate of drug-likeness (QED) is 0.151. The molecule has 0 bridgehead atoms. The Labute approximate surface area is 228 Å². The van der Waals surface area contributed by atoms with E-state index in [2.05, 4.69) is 20.5 Å². The number of nitrogens with one attached hydrogen (secondary N) is 2. The van der Waals surface area contributed by atoms with Gasteiger partial charge in [0.15, 0.2) is 0 Å². The van der Waals surface area contributed by atoms with Crippen molar-refractivity contribution in [3.8, 4) is 6.19 Å². The van der Waals surface area contributed by atoms with Crippen LogP contribution in [0.15, 0.2) is 29.3 Å². The summed E-state index contributed by atoms with van der Waals surface area (Å²) in [6, 6.07) is 7.85. The van der Waals surface area contributed by atoms with Crippen LogP contribution in [0.1, 0.15) is 76.2 Å². The van der Waals surface area contributed by atoms with Gasteiger partial charge in [0.05, 0.1) is 5.60 Å². The number of nitrogens with zero attached hydrogens (tertiary/aromatic N) is 3. The number of methoxy groups -OCH3 is 1. The molecular weight excluding hydrogens is 486 g/mol. The molecule has 2 fully saturated rings. The Balaban J connectivity index is 1.77. The molecule has 1 aliphatic heterocycles. The Bertz CT molecular complexity index is 885. The maximum absolute atomic E-state index is 12.2. The van der Waals surface area contributed by atoms with E-state index in [1.807, 2.05) is 37.5 Å². The van der Waals surface area contributed by atoms with Gasteiger partial charge in [0.1, 0.15) is 0 Å². The van der Waals surface area contributed by atoms with Gasteiger partial charge in [-0.25, -0.2) is 0 Å². The van der Waals surface area contributed by atoms with Gasteiger partial charge in [-0.05, 0) is 69.2 Å². The second-order valence-corrected chi connectivity index (χ2v) is 11.3. The van der Waals surface area contributed by atoms with Crippen LogP contribution in [0, 0.1) is 23.3 Å². The first-order valence-electron chi connectivity index (χ1n) is 14.1. The normalized spacial score (nSPS) is 21.8. The number of likely N-dealkylation sites (tertiary alicyclic amines) is 1. The van der Waals surface area contributed by atoms with Crippen LogP contribution >= 0.6 is 11.6 Å². The largest absolute Gasteiger partial charge is 0.385 e. The molecule has 1 saturated heterocycles. The van der Waals surface area contributed by atoms with Crippen molar-refractivity contribution in [1.82, 2.24) is 15.5 Å². The Morgan fingerprint density at radius 2 is 2.08 bits per heavy atom. The lowest BCUT2D eigenvalue weighted by Gasteiger charge is -2.44. The molecule has 0 radical (unpaired) electrons. The molecule has 1 aliphatic carbocycles. The Kier molecular flexibility index (Phi) is 12.5. The van der Waals surface area contributed by atoms with Crippen molar-refractivity contribution in [1.29, 1.82) is 5.26 Å². The first kappa shape index (κ1) is 29.7. The fraction of sp³-hybridized carbons (Fsp3) is 0.724. The average Bonchev–Trinajstić information content (AvgIpc) is 2.91. The van der Waals surface area contributed by atoms with Crippen molar-refractivity contribution in [3.63, 3.8) is 0 Å². The summed E-state index contributed by atoms with van der Waals surface area (Å²) in [5.74, 6) is 1.35. The van der Waals surface area contributed by atoms with Crippen LogP contribution in [0.25, 0.3) is 0 Å². The fourth-order valence-corrected chi connectivity index (χ4v) is 6.42. The minimum absolute atomic E-state index is 0.00551. The molecule has 1 saturated carbocycles. The van der Waals surface area contributed by atoms with Crippen LogP contribution < -0.4 is 10.6 Å². The van der Waals surface area contributed by atoms with E-state index in [9.17, 15) is 10.4 Å². The smallest absolute Gasteiger partial charge is 0.210 e. The average molecular weight is 532 g/mol. The van der Waals surface area contributed by atoms with Crippen molar-refractivity contribution in [2.75, 3.05) is 40.4 Å². The third kappa shape index (κ3) is 8.85. The number of guanidine groups is 1. The van der Waals surface area contributed by atoms with Crippen molar-refractivity contribution in [2.45, 2.75) is 82.3 Å². The van der Waals surface area contributed by atoms with Gasteiger partial charge < -0.3 is 25.4 Å². The number of piperidine rings is 1. The lowest BCUT2D eigenvalue weighted by atomic mass is 9.74. The highest BCUT2D eigenvalue weighted by molar-refractivity contribution is 6.30. The van der Waals surface area contributed by atoms with Crippen molar-refractivity contribution < 1.29 is 9.84 Å². The number of unbranched alkanes of at least 4 members (excludes halogenated alkanes) is 1. The van der Waals surface area contributed by atoms with E-state index in [0.717, 1.165) is 56.7 Å². The minimum Gasteiger partial charge on any atom is -0.385 e. The summed E-state index contributed by atoms with van der Waals surface area (Å²) in [4.78, 5) is 6.42. The van der Waals surface area contributed by atoms with Crippen LogP contribution in [-0.2, 0) is 10.3 Å². The molecular formula is C29H46ClN5O2. The molecule has 3 rings (SSSR count). The number of rotatable bonds is 12. The first-order valence-corrected chi connectivity index (χ1v) is 14.5. The summed E-state index contributed by atoms with van der Waals surface area (Å²) in [5.41, 5.74) is -0.150. The molecule has 37 heavy (non-hydrogen) atoms. The van der Waals surface area contributed by atoms with Crippen LogP contribution in [0.4, 0.5) is 0 Å². The number of benzene rings is 1. The van der Waals surface area contributed by atoms with E-state index in [1.165, 1.54) is 32.1 Å². The zero-order valence-corrected chi connectivity index (χ0v) is 23.5. The van der Waals surface area contributed by atoms with Gasteiger partial charge in [-0.3, -0.25) is 0 Å². The molecule has 7 nitrogen and oxygen atoms in total. The van der Waals surface area contributed by atoms with Gasteiger partial charge in [-0.1, -0.05) is 55.8 Å². The molecule has 3 unspecified atom stereocenters. The van der Waals surface area contributed by atoms with E-state index < -0.39 is 5.60 Å². The van der Waals surface area contributed by atoms with Crippen molar-refractivity contribution in [3.05, 3.63) is 34.9 Å². The van der Waals surface area contributed by atoms with Crippen LogP contribution in [0.5, 0.6) is 0 Å². The molecule has 2 aliphatic rings. The van der Waals surface area contributed by atoms with E-state index in [-0.39, 0.29) is 12.0 Å². The van der Waals surface area contributed by atoms with E-state index in [4.69, 9.17) is 16.3 Å². The van der Waals surface area contributed by atoms with E-state index in [1.54, 1.807) is 7.11 Å². The summed E-state index contributed by atoms with van der Waals surface area (Å²) in [5, 5.41) is 29.3. The second-order valence-electron chi connectivity index (χ2n) is 10.8. The first-order chi connectivity index (χ1) is 18.0. The zero-order chi connectivity index (χ0) is 26.5. The fourth-order valence-electron chi connectivity index (χ4n) is 6.23. The number of ether oxygens (including phenoxy) is 1. The Morgan fingerprint density at radius 1 is 1.27 bits per heavy atom. The summed E-state index contributed by atoms with van der Waals surface area (Å²) in [6.07, 6.45) is 13.9. The highest BCUT2D eigenvalue weighted by Gasteiger charge is 2.41. The lowest BCUT2D eigenvalue weighted by molar-refractivity contribution is -0.0543. The monoisotopic (exact) mass is 531 g/mol. The Morgan fingerprint density at radius 3 is 2.78 bits per heavy atom. The van der Waals surface area contributed by atoms with Gasteiger partial charge in [0, 0.05) is 50.3 Å². The third-order valence-corrected chi connectivity index (χ3v) is 8.39. The van der Waals surface area contributed by atoms with Crippen molar-refractivity contribution >= 4 is 17.6 Å². The van der Waals surface area contributed by atoms with Gasteiger partial charge in [-0.15, -0.1) is 4.99 Å². The van der Waals surface area contributed by atoms with Crippen LogP contribution in [0.3, 0.4) is 0 Å². The van der Waals surface area contributed by atoms with E-state index in [0.29, 0.717) is 30.6 Å². The molecule has 0 amide bonds. The number of hydrogen-bond donors (Lipinski definition) is 3. The highest BCUT2D eigenvalue weighted by Crippen LogP contribution is 2.40. The maximum Gasteiger partial charge on any atom is 0.210 e. The molecule has 3 atom stereocenters. The van der Waals surface area contributed by atoms with Gasteiger partial charge in [0.2, 0.25) is 12.2 Å². The number of aliphatic hydroxyl groups is 1. The predicted octanol–water partition coefficient (Wildman–Crippen LogP) is 5.04. The molecule has 1 heterocycles. The standard InChI is InChI=1S/C29H46ClN5O2/c1-32-20-27(18-23-10-4-3-5-11-23)34-28(33-22-31)35-16-9-13-25(21-35)29(36,15-6-7-17-37-2)24-12-8-14-26(30)19-24/h8,12,14,19,23,25,27,32,36H,3-7,9-11,13,15-18,20-21H2,1-2H3,(H,33,34). The Hall–Kier alpha value is -1.85. The molecule has 8 heteroatoms. The molecule has 0 spiro atoms. The summed E-state index contributed by atoms with van der Waals surface area (Å²) in [6.45, 7) is 2.95. The number of hydrogen-bond acceptors (Lipinski definition) is 5. The highest BCUT2D eigenvalue weighted by atomic mass is 35.5. The molecule has 1 aromatic rings. The zero-order valence-electron chi connectivity index (χ0n) is 22.7. The number of aliphatic imine (C=N–C) groups is 1. The molecule has 206 valence electrons. The molecule has 3 N–H and O–H groups in total. The topological polar surface area (TPSA) is 92.9 Å². The molecule has 0 aromatic heterocycles. The maximum atomic E-state index is 12.2. The number of halogens is 1. The SMILES string of the molecule is CNCC(CC1CCCCC1)N/C(=N\C#N)N1CCCC(C(O)(CCCCOC)c2cccc(Cl)c2)C1. The van der Waals surface area contributed by atoms with E-state index >= 15 is 0 Å². The third-order valence-electron chi connectivity index (χ3n) is 8.16. The van der Waals surface area contributed by atoms with Crippen molar-refractivity contribution in [2.24, 2.45) is 16.8 Å². The van der Waals surface area contributed by atoms with Gasteiger partial charge in [-0.2, -0.15) is 5.26 Å². The second kappa shape index (κ2) is 15.5. The van der Waals surface area contributed by atoms with Crippen LogP contribution in [-0.4, -0.2) is 62.4 Å². The number of nitriles is 1. The molecule has 1 aromatic carbocycles. The summed E-state index contributed by atoms with van der Waals surface area (Å²) in [7, 11) is 3.68. The predicted molar refractivity (Wildman–Crippen MR) is 150 cm³/mol. The summed E-state index contributed by atoms with van der Waals surface area (Å²) < 4.78 is 5.24. The minimum atomic E-state index is -1.01. The lowest BCUT2D eigenvalue weighted by Crippen LogP contribution is -2.54. The van der Waals surface area contributed by atoms with Crippen LogP contribution in [0.2, 0.25) is 5.02 Å². The van der Waals surface area contributed by atoms with Gasteiger partial charge >= 0.3 is 0 Å².